The summed E-state index contributed by atoms with van der Waals surface area (Å²) in [4.78, 5) is 9.54. The molecule has 0 amide bonds. The minimum Gasteiger partial charge on any atom is -0.324 e. The lowest BCUT2D eigenvalue weighted by Gasteiger charge is -2.19. The van der Waals surface area contributed by atoms with Gasteiger partial charge >= 0.3 is 6.72 Å². The van der Waals surface area contributed by atoms with E-state index in [1.165, 1.54) is 0 Å². The average molecular weight is 241 g/mol. The van der Waals surface area contributed by atoms with Crippen molar-refractivity contribution in [2.45, 2.75) is 45.8 Å². The van der Waals surface area contributed by atoms with Crippen molar-refractivity contribution in [1.29, 1.82) is 0 Å². The number of nitrogens with two attached hydrogens (primary N) is 1. The lowest BCUT2D eigenvalue weighted by Crippen LogP contribution is -2.22. The van der Waals surface area contributed by atoms with Gasteiger partial charge in [-0.05, 0) is 24.6 Å². The summed E-state index contributed by atoms with van der Waals surface area (Å²) in [6, 6.07) is 0. The Kier molecular flexibility index (Phi) is 8.01. The normalized spacial score (nSPS) is 17.7. The van der Waals surface area contributed by atoms with E-state index in [1.54, 1.807) is 0 Å². The Labute approximate surface area is 91.0 Å². The number of unbranched alkanes of at least 4 members (excludes halogenated alkanes) is 1. The van der Waals surface area contributed by atoms with Gasteiger partial charge < -0.3 is 15.2 Å². The van der Waals surface area contributed by atoms with E-state index in [9.17, 15) is 4.89 Å². The van der Waals surface area contributed by atoms with Gasteiger partial charge in [0.05, 0.1) is 6.61 Å². The molecule has 0 aromatic carbocycles. The second-order valence-corrected chi connectivity index (χ2v) is 5.88. The first-order chi connectivity index (χ1) is 6.52. The van der Waals surface area contributed by atoms with Crippen LogP contribution in [0.5, 0.6) is 0 Å². The molecule has 0 radical (unpaired) electrons. The van der Waals surface area contributed by atoms with E-state index in [4.69, 9.17) is 26.6 Å². The van der Waals surface area contributed by atoms with Crippen molar-refractivity contribution >= 4 is 18.5 Å². The molecule has 0 aliphatic carbocycles. The Hall–Kier alpha value is 0.490. The molecular formula is C8H20NO3PS. The van der Waals surface area contributed by atoms with Gasteiger partial charge in [0.2, 0.25) is 0 Å². The molecule has 0 aromatic heterocycles. The van der Waals surface area contributed by atoms with Crippen molar-refractivity contribution in [2.24, 2.45) is 5.73 Å². The summed E-state index contributed by atoms with van der Waals surface area (Å²) in [5.41, 5.74) is 5.57. The zero-order valence-corrected chi connectivity index (χ0v) is 10.5. The van der Waals surface area contributed by atoms with Gasteiger partial charge in [0.15, 0.2) is 0 Å². The molecule has 14 heavy (non-hydrogen) atoms. The van der Waals surface area contributed by atoms with Gasteiger partial charge in [-0.2, -0.15) is 0 Å². The van der Waals surface area contributed by atoms with Crippen LogP contribution in [0.4, 0.5) is 0 Å². The third kappa shape index (κ3) is 7.85. The molecule has 0 rings (SSSR count). The highest BCUT2D eigenvalue weighted by Gasteiger charge is 2.18. The lowest BCUT2D eigenvalue weighted by molar-refractivity contribution is 0.137. The molecule has 0 aliphatic rings. The van der Waals surface area contributed by atoms with Crippen LogP contribution >= 0.6 is 6.72 Å². The van der Waals surface area contributed by atoms with Crippen LogP contribution in [0.3, 0.4) is 0 Å². The standard InChI is InChI=1S/C8H20NO3PS/c1-3-5-7-11-13(10,14)12-8(9)6-4-2/h8H,3-7,9H2,1-2H3,(H,10,14). The zero-order valence-electron chi connectivity index (χ0n) is 8.81. The second-order valence-electron chi connectivity index (χ2n) is 3.09. The highest BCUT2D eigenvalue weighted by molar-refractivity contribution is 8.07. The maximum Gasteiger partial charge on any atom is 0.326 e. The van der Waals surface area contributed by atoms with E-state index in [2.05, 4.69) is 0 Å². The highest BCUT2D eigenvalue weighted by Crippen LogP contribution is 2.44. The molecule has 0 saturated heterocycles. The number of hydrogen-bond donors (Lipinski definition) is 2. The maximum absolute atomic E-state index is 9.54. The maximum atomic E-state index is 9.54. The fraction of sp³-hybridized carbons (Fsp3) is 1.00. The minimum atomic E-state index is -3.10. The SMILES string of the molecule is CCCCOP(O)(=S)OC(N)CCC. The molecule has 0 saturated carbocycles. The monoisotopic (exact) mass is 241 g/mol. The predicted octanol–water partition coefficient (Wildman–Crippen LogP) is 2.12. The van der Waals surface area contributed by atoms with Gasteiger partial charge in [-0.3, -0.25) is 4.52 Å². The second kappa shape index (κ2) is 7.74. The summed E-state index contributed by atoms with van der Waals surface area (Å²) in [6.07, 6.45) is 2.92. The largest absolute Gasteiger partial charge is 0.326 e. The Morgan fingerprint density at radius 2 is 2.07 bits per heavy atom. The number of hydrogen-bond acceptors (Lipinski definition) is 4. The molecule has 3 N–H and O–H groups in total. The van der Waals surface area contributed by atoms with Crippen LogP contribution in [0.15, 0.2) is 0 Å². The fourth-order valence-electron chi connectivity index (χ4n) is 0.863. The molecule has 6 heteroatoms. The Balaban J connectivity index is 3.76. The minimum absolute atomic E-state index is 0.434. The first-order valence-electron chi connectivity index (χ1n) is 4.93. The van der Waals surface area contributed by atoms with Crippen LogP contribution in [-0.2, 0) is 20.9 Å². The zero-order chi connectivity index (χ0) is 11.0. The quantitative estimate of drug-likeness (QED) is 0.387. The average Bonchev–Trinajstić information content (AvgIpc) is 2.03. The summed E-state index contributed by atoms with van der Waals surface area (Å²) < 4.78 is 10.1. The molecule has 0 aromatic rings. The van der Waals surface area contributed by atoms with E-state index in [1.807, 2.05) is 13.8 Å². The van der Waals surface area contributed by atoms with Crippen LogP contribution in [0.25, 0.3) is 0 Å². The van der Waals surface area contributed by atoms with Gasteiger partial charge in [0.1, 0.15) is 6.23 Å². The van der Waals surface area contributed by atoms with Gasteiger partial charge in [-0.25, -0.2) is 0 Å². The Morgan fingerprint density at radius 1 is 1.43 bits per heavy atom. The van der Waals surface area contributed by atoms with Crippen molar-refractivity contribution in [3.05, 3.63) is 0 Å². The smallest absolute Gasteiger partial charge is 0.324 e. The van der Waals surface area contributed by atoms with Crippen molar-refractivity contribution < 1.29 is 13.9 Å². The summed E-state index contributed by atoms with van der Waals surface area (Å²) in [5, 5.41) is 0. The van der Waals surface area contributed by atoms with Gasteiger partial charge in [0, 0.05) is 0 Å². The molecule has 0 spiro atoms. The van der Waals surface area contributed by atoms with Crippen molar-refractivity contribution in [1.82, 2.24) is 0 Å². The third-order valence-corrected chi connectivity index (χ3v) is 3.21. The van der Waals surface area contributed by atoms with Crippen molar-refractivity contribution in [2.75, 3.05) is 6.61 Å². The van der Waals surface area contributed by atoms with E-state index in [0.717, 1.165) is 19.3 Å². The van der Waals surface area contributed by atoms with Crippen LogP contribution in [-0.4, -0.2) is 17.7 Å². The van der Waals surface area contributed by atoms with Gasteiger partial charge in [-0.1, -0.05) is 26.7 Å². The Bertz CT molecular complexity index is 191. The summed E-state index contributed by atoms with van der Waals surface area (Å²) in [5.74, 6) is 0. The van der Waals surface area contributed by atoms with Crippen molar-refractivity contribution in [3.63, 3.8) is 0 Å². The van der Waals surface area contributed by atoms with Crippen LogP contribution in [0.2, 0.25) is 0 Å². The highest BCUT2D eigenvalue weighted by atomic mass is 32.5. The first-order valence-corrected chi connectivity index (χ1v) is 7.52. The lowest BCUT2D eigenvalue weighted by atomic mass is 10.3. The number of rotatable bonds is 8. The molecule has 0 heterocycles. The molecule has 0 bridgehead atoms. The van der Waals surface area contributed by atoms with Gasteiger partial charge in [-0.15, -0.1) is 0 Å². The van der Waals surface area contributed by atoms with Crippen LogP contribution < -0.4 is 5.73 Å². The fourth-order valence-corrected chi connectivity index (χ4v) is 2.29. The molecule has 86 valence electrons. The summed E-state index contributed by atoms with van der Waals surface area (Å²) >= 11 is 4.79. The molecule has 2 atom stereocenters. The molecule has 4 nitrogen and oxygen atoms in total. The predicted molar refractivity (Wildman–Crippen MR) is 61.3 cm³/mol. The van der Waals surface area contributed by atoms with Crippen LogP contribution in [0, 0.1) is 0 Å². The van der Waals surface area contributed by atoms with E-state index in [0.29, 0.717) is 13.0 Å². The Morgan fingerprint density at radius 3 is 2.57 bits per heavy atom. The molecular weight excluding hydrogens is 221 g/mol. The summed E-state index contributed by atoms with van der Waals surface area (Å²) in [7, 11) is 0. The van der Waals surface area contributed by atoms with E-state index >= 15 is 0 Å². The first kappa shape index (κ1) is 14.5. The molecule has 0 fully saturated rings. The van der Waals surface area contributed by atoms with Crippen LogP contribution in [0.1, 0.15) is 39.5 Å². The third-order valence-electron chi connectivity index (χ3n) is 1.59. The summed E-state index contributed by atoms with van der Waals surface area (Å²) in [6.45, 7) is 1.36. The van der Waals surface area contributed by atoms with E-state index in [-0.39, 0.29) is 0 Å². The van der Waals surface area contributed by atoms with Crippen molar-refractivity contribution in [3.8, 4) is 0 Å². The van der Waals surface area contributed by atoms with Gasteiger partial charge in [0.25, 0.3) is 0 Å². The molecule has 0 aliphatic heterocycles. The molecule has 2 unspecified atom stereocenters. The van der Waals surface area contributed by atoms with E-state index < -0.39 is 12.9 Å². The topological polar surface area (TPSA) is 64.7 Å².